The Bertz CT molecular complexity index is 819. The van der Waals surface area contributed by atoms with Crippen molar-refractivity contribution in [2.45, 2.75) is 6.54 Å². The average Bonchev–Trinajstić information content (AvgIpc) is 3.01. The molecule has 1 saturated heterocycles. The number of benzene rings is 2. The van der Waals surface area contributed by atoms with Crippen LogP contribution < -0.4 is 5.32 Å². The summed E-state index contributed by atoms with van der Waals surface area (Å²) in [5, 5.41) is 3.54. The highest BCUT2D eigenvalue weighted by Crippen LogP contribution is 2.21. The van der Waals surface area contributed by atoms with Gasteiger partial charge in [0, 0.05) is 26.2 Å². The van der Waals surface area contributed by atoms with Gasteiger partial charge in [0.25, 0.3) is 0 Å². The standard InChI is InChI=1S/C20H24N4O.2ClH/c1-2-6-17(7-3-1)16-24-19-9-5-4-8-18(19)22-20(24)21-10-11-23-12-14-25-15-13-23;;/h1-9H,10-16H2,(H,21,22);2*1H. The van der Waals surface area contributed by atoms with Crippen molar-refractivity contribution in [3.05, 3.63) is 60.2 Å². The van der Waals surface area contributed by atoms with Gasteiger partial charge in [-0.25, -0.2) is 4.98 Å². The van der Waals surface area contributed by atoms with Gasteiger partial charge in [0.2, 0.25) is 5.95 Å². The van der Waals surface area contributed by atoms with Crippen molar-refractivity contribution in [1.82, 2.24) is 14.5 Å². The Labute approximate surface area is 172 Å². The Morgan fingerprint density at radius 3 is 2.41 bits per heavy atom. The van der Waals surface area contributed by atoms with E-state index in [1.165, 1.54) is 11.1 Å². The zero-order chi connectivity index (χ0) is 16.9. The first kappa shape index (κ1) is 21.5. The molecule has 146 valence electrons. The lowest BCUT2D eigenvalue weighted by atomic mass is 10.2. The predicted octanol–water partition coefficient (Wildman–Crippen LogP) is 3.67. The van der Waals surface area contributed by atoms with Crippen molar-refractivity contribution in [2.24, 2.45) is 0 Å². The third-order valence-electron chi connectivity index (χ3n) is 4.65. The lowest BCUT2D eigenvalue weighted by molar-refractivity contribution is 0.0398. The first-order valence-electron chi connectivity index (χ1n) is 8.93. The van der Waals surface area contributed by atoms with E-state index < -0.39 is 0 Å². The molecule has 2 aromatic carbocycles. The molecule has 0 saturated carbocycles. The smallest absolute Gasteiger partial charge is 0.204 e. The highest BCUT2D eigenvalue weighted by molar-refractivity contribution is 5.85. The van der Waals surface area contributed by atoms with Crippen molar-refractivity contribution in [2.75, 3.05) is 44.7 Å². The third kappa shape index (κ3) is 5.36. The molecule has 1 aromatic heterocycles. The highest BCUT2D eigenvalue weighted by atomic mass is 35.5. The summed E-state index contributed by atoms with van der Waals surface area (Å²) in [6.07, 6.45) is 0. The number of rotatable bonds is 6. The molecule has 3 aromatic rings. The topological polar surface area (TPSA) is 42.3 Å². The number of hydrogen-bond donors (Lipinski definition) is 1. The summed E-state index contributed by atoms with van der Waals surface area (Å²) < 4.78 is 7.68. The molecule has 0 aliphatic carbocycles. The molecule has 1 N–H and O–H groups in total. The van der Waals surface area contributed by atoms with Crippen LogP contribution in [0, 0.1) is 0 Å². The van der Waals surface area contributed by atoms with Gasteiger partial charge in [-0.2, -0.15) is 0 Å². The van der Waals surface area contributed by atoms with Gasteiger partial charge in [-0.15, -0.1) is 24.8 Å². The molecule has 0 spiro atoms. The summed E-state index contributed by atoms with van der Waals surface area (Å²) in [5.74, 6) is 0.943. The second-order valence-electron chi connectivity index (χ2n) is 6.38. The van der Waals surface area contributed by atoms with Crippen molar-refractivity contribution in [3.8, 4) is 0 Å². The molecule has 27 heavy (non-hydrogen) atoms. The molecule has 1 fully saturated rings. The second kappa shape index (κ2) is 10.5. The van der Waals surface area contributed by atoms with Crippen LogP contribution in [0.2, 0.25) is 0 Å². The minimum absolute atomic E-state index is 0. The quantitative estimate of drug-likeness (QED) is 0.675. The number of imidazole rings is 1. The summed E-state index contributed by atoms with van der Waals surface area (Å²) in [6, 6.07) is 18.9. The van der Waals surface area contributed by atoms with E-state index in [9.17, 15) is 0 Å². The first-order chi connectivity index (χ1) is 12.4. The number of para-hydroxylation sites is 2. The zero-order valence-corrected chi connectivity index (χ0v) is 16.8. The van der Waals surface area contributed by atoms with Crippen LogP contribution in [0.1, 0.15) is 5.56 Å². The molecular weight excluding hydrogens is 383 g/mol. The van der Waals surface area contributed by atoms with E-state index in [1.807, 2.05) is 6.07 Å². The Hall–Kier alpha value is -1.79. The summed E-state index contributed by atoms with van der Waals surface area (Å²) in [4.78, 5) is 7.23. The molecule has 5 nitrogen and oxygen atoms in total. The minimum Gasteiger partial charge on any atom is -0.379 e. The highest BCUT2D eigenvalue weighted by Gasteiger charge is 2.12. The maximum absolute atomic E-state index is 5.41. The molecule has 0 amide bonds. The number of hydrogen-bond acceptors (Lipinski definition) is 4. The van der Waals surface area contributed by atoms with Gasteiger partial charge in [0.1, 0.15) is 0 Å². The fraction of sp³-hybridized carbons (Fsp3) is 0.350. The van der Waals surface area contributed by atoms with E-state index in [0.29, 0.717) is 0 Å². The monoisotopic (exact) mass is 408 g/mol. The molecule has 4 rings (SSSR count). The minimum atomic E-state index is 0. The SMILES string of the molecule is Cl.Cl.c1ccc(Cn2c(NCCN3CCOCC3)nc3ccccc32)cc1. The first-order valence-corrected chi connectivity index (χ1v) is 8.93. The summed E-state index contributed by atoms with van der Waals surface area (Å²) >= 11 is 0. The van der Waals surface area contributed by atoms with Crippen LogP contribution in [-0.2, 0) is 11.3 Å². The van der Waals surface area contributed by atoms with Crippen LogP contribution >= 0.6 is 24.8 Å². The summed E-state index contributed by atoms with van der Waals surface area (Å²) in [7, 11) is 0. The van der Waals surface area contributed by atoms with Crippen molar-refractivity contribution < 1.29 is 4.74 Å². The van der Waals surface area contributed by atoms with Gasteiger partial charge in [0.05, 0.1) is 30.8 Å². The van der Waals surface area contributed by atoms with E-state index in [0.717, 1.165) is 57.4 Å². The number of anilines is 1. The van der Waals surface area contributed by atoms with Crippen LogP contribution in [0.4, 0.5) is 5.95 Å². The molecule has 1 aliphatic rings. The molecule has 0 unspecified atom stereocenters. The Kier molecular flexibility index (Phi) is 8.38. The van der Waals surface area contributed by atoms with Crippen LogP contribution in [-0.4, -0.2) is 53.8 Å². The Morgan fingerprint density at radius 2 is 1.63 bits per heavy atom. The number of morpholine rings is 1. The van der Waals surface area contributed by atoms with Gasteiger partial charge < -0.3 is 14.6 Å². The van der Waals surface area contributed by atoms with Gasteiger partial charge in [-0.05, 0) is 17.7 Å². The van der Waals surface area contributed by atoms with Crippen molar-refractivity contribution in [1.29, 1.82) is 0 Å². The third-order valence-corrected chi connectivity index (χ3v) is 4.65. The van der Waals surface area contributed by atoms with Gasteiger partial charge in [-0.1, -0.05) is 42.5 Å². The number of halogens is 2. The fourth-order valence-corrected chi connectivity index (χ4v) is 3.29. The molecular formula is C20H26Cl2N4O. The largest absolute Gasteiger partial charge is 0.379 e. The number of fused-ring (bicyclic) bond motifs is 1. The lowest BCUT2D eigenvalue weighted by Gasteiger charge is -2.26. The Balaban J connectivity index is 0.00000131. The van der Waals surface area contributed by atoms with Crippen molar-refractivity contribution >= 4 is 41.8 Å². The van der Waals surface area contributed by atoms with Crippen LogP contribution in [0.5, 0.6) is 0 Å². The lowest BCUT2D eigenvalue weighted by Crippen LogP contribution is -2.39. The van der Waals surface area contributed by atoms with Gasteiger partial charge in [-0.3, -0.25) is 4.90 Å². The predicted molar refractivity (Wildman–Crippen MR) is 116 cm³/mol. The summed E-state index contributed by atoms with van der Waals surface area (Å²) in [6.45, 7) is 6.43. The number of nitrogens with one attached hydrogen (secondary N) is 1. The molecule has 0 atom stereocenters. The molecule has 2 heterocycles. The van der Waals surface area contributed by atoms with E-state index in [1.54, 1.807) is 0 Å². The van der Waals surface area contributed by atoms with Crippen LogP contribution in [0.15, 0.2) is 54.6 Å². The van der Waals surface area contributed by atoms with Crippen molar-refractivity contribution in [3.63, 3.8) is 0 Å². The van der Waals surface area contributed by atoms with Gasteiger partial charge >= 0.3 is 0 Å². The van der Waals surface area contributed by atoms with E-state index in [-0.39, 0.29) is 24.8 Å². The average molecular weight is 409 g/mol. The van der Waals surface area contributed by atoms with E-state index in [4.69, 9.17) is 9.72 Å². The fourth-order valence-electron chi connectivity index (χ4n) is 3.29. The summed E-state index contributed by atoms with van der Waals surface area (Å²) in [5.41, 5.74) is 3.48. The maximum Gasteiger partial charge on any atom is 0.204 e. The molecule has 1 aliphatic heterocycles. The van der Waals surface area contributed by atoms with E-state index >= 15 is 0 Å². The normalized spacial score (nSPS) is 14.4. The zero-order valence-electron chi connectivity index (χ0n) is 15.2. The molecule has 7 heteroatoms. The van der Waals surface area contributed by atoms with Crippen LogP contribution in [0.3, 0.4) is 0 Å². The Morgan fingerprint density at radius 1 is 0.926 bits per heavy atom. The molecule has 0 bridgehead atoms. The van der Waals surface area contributed by atoms with Gasteiger partial charge in [0.15, 0.2) is 0 Å². The maximum atomic E-state index is 5.41. The molecule has 0 radical (unpaired) electrons. The second-order valence-corrected chi connectivity index (χ2v) is 6.38. The van der Waals surface area contributed by atoms with Crippen LogP contribution in [0.25, 0.3) is 11.0 Å². The number of aromatic nitrogens is 2. The number of nitrogens with zero attached hydrogens (tertiary/aromatic N) is 3. The number of ether oxygens (including phenoxy) is 1. The van der Waals surface area contributed by atoms with E-state index in [2.05, 4.69) is 63.3 Å².